The number of nitrogens with one attached hydrogen (secondary N) is 2. The summed E-state index contributed by atoms with van der Waals surface area (Å²) in [6.45, 7) is 7.37. The van der Waals surface area contributed by atoms with E-state index in [-0.39, 0.29) is 35.4 Å². The lowest BCUT2D eigenvalue weighted by molar-refractivity contribution is -0.116. The van der Waals surface area contributed by atoms with Crippen molar-refractivity contribution in [1.29, 1.82) is 0 Å². The second-order valence-corrected chi connectivity index (χ2v) is 9.93. The number of hydrogen-bond donors (Lipinski definition) is 2. The van der Waals surface area contributed by atoms with Gasteiger partial charge in [0.2, 0.25) is 11.8 Å². The quantitative estimate of drug-likeness (QED) is 0.585. The van der Waals surface area contributed by atoms with Gasteiger partial charge in [0.05, 0.1) is 16.3 Å². The molecule has 1 aromatic heterocycles. The van der Waals surface area contributed by atoms with Crippen LogP contribution in [0.4, 0.5) is 11.5 Å². The summed E-state index contributed by atoms with van der Waals surface area (Å²) in [4.78, 5) is 24.8. The molecule has 1 aliphatic rings. The molecule has 4 rings (SSSR count). The Balaban J connectivity index is 1.84. The van der Waals surface area contributed by atoms with Crippen LogP contribution in [0.5, 0.6) is 0 Å². The number of carbonyl (C=O) groups excluding carboxylic acids is 2. The molecule has 1 aliphatic heterocycles. The van der Waals surface area contributed by atoms with Crippen molar-refractivity contribution < 1.29 is 18.0 Å². The van der Waals surface area contributed by atoms with E-state index in [2.05, 4.69) is 15.1 Å². The van der Waals surface area contributed by atoms with E-state index >= 15 is 0 Å². The summed E-state index contributed by atoms with van der Waals surface area (Å²) in [6, 6.07) is 10.7. The molecule has 0 bridgehead atoms. The first-order chi connectivity index (χ1) is 15.6. The molecule has 0 spiro atoms. The molecular weight excluding hydrogens is 440 g/mol. The highest BCUT2D eigenvalue weighted by Gasteiger charge is 2.28. The zero-order valence-corrected chi connectivity index (χ0v) is 19.8. The third kappa shape index (κ3) is 4.28. The van der Waals surface area contributed by atoms with E-state index in [1.807, 2.05) is 32.9 Å². The van der Waals surface area contributed by atoms with Gasteiger partial charge in [-0.05, 0) is 61.6 Å². The molecule has 0 aliphatic carbocycles. The standard InChI is InChI=1S/C24H26N4O4S/c1-5-18-23(24-25-21(29)10-11-22(30)28(24)26-18)17-9-8-16(4)20(13-17)33(31,32)27-19-12-14(2)6-7-15(19)3/h6-9,12-13,27H,5,10-11H2,1-4H3,(H,25,29). The molecule has 0 saturated heterocycles. The van der Waals surface area contributed by atoms with Crippen LogP contribution in [0, 0.1) is 20.8 Å². The average molecular weight is 467 g/mol. The molecule has 0 unspecified atom stereocenters. The van der Waals surface area contributed by atoms with E-state index in [1.54, 1.807) is 31.2 Å². The highest BCUT2D eigenvalue weighted by molar-refractivity contribution is 7.92. The van der Waals surface area contributed by atoms with E-state index in [1.165, 1.54) is 4.68 Å². The molecule has 0 atom stereocenters. The number of nitrogens with zero attached hydrogens (tertiary/aromatic N) is 2. The van der Waals surface area contributed by atoms with Crippen LogP contribution in [0.15, 0.2) is 41.3 Å². The van der Waals surface area contributed by atoms with Crippen molar-refractivity contribution in [3.63, 3.8) is 0 Å². The smallest absolute Gasteiger partial charge is 0.262 e. The Hall–Kier alpha value is -3.46. The first-order valence-corrected chi connectivity index (χ1v) is 12.2. The fourth-order valence-electron chi connectivity index (χ4n) is 3.92. The summed E-state index contributed by atoms with van der Waals surface area (Å²) in [5.41, 5.74) is 4.59. The van der Waals surface area contributed by atoms with Crippen LogP contribution in [0.1, 0.15) is 46.9 Å². The van der Waals surface area contributed by atoms with E-state index in [0.717, 1.165) is 11.1 Å². The Morgan fingerprint density at radius 2 is 1.76 bits per heavy atom. The van der Waals surface area contributed by atoms with Gasteiger partial charge >= 0.3 is 0 Å². The minimum Gasteiger partial charge on any atom is -0.310 e. The van der Waals surface area contributed by atoms with Crippen molar-refractivity contribution in [2.75, 3.05) is 10.0 Å². The van der Waals surface area contributed by atoms with Crippen LogP contribution in [0.2, 0.25) is 0 Å². The molecule has 172 valence electrons. The number of hydrogen-bond acceptors (Lipinski definition) is 5. The van der Waals surface area contributed by atoms with Gasteiger partial charge in [-0.25, -0.2) is 8.42 Å². The molecule has 8 nitrogen and oxygen atoms in total. The van der Waals surface area contributed by atoms with Crippen LogP contribution in [0.25, 0.3) is 11.1 Å². The van der Waals surface area contributed by atoms with Crippen LogP contribution in [-0.2, 0) is 21.2 Å². The number of aromatic nitrogens is 2. The topological polar surface area (TPSA) is 110 Å². The minimum atomic E-state index is -3.90. The second kappa shape index (κ2) is 8.47. The number of sulfonamides is 1. The van der Waals surface area contributed by atoms with Crippen molar-refractivity contribution in [2.24, 2.45) is 0 Å². The van der Waals surface area contributed by atoms with Gasteiger partial charge in [-0.1, -0.05) is 31.2 Å². The van der Waals surface area contributed by atoms with E-state index in [9.17, 15) is 18.0 Å². The van der Waals surface area contributed by atoms with Crippen LogP contribution in [-0.4, -0.2) is 30.0 Å². The number of amides is 1. The Kier molecular flexibility index (Phi) is 5.84. The SMILES string of the molecule is CCc1nn2c(c1-c1ccc(C)c(S(=O)(=O)Nc3cc(C)ccc3C)c1)NC(=O)CCC2=O. The maximum atomic E-state index is 13.4. The highest BCUT2D eigenvalue weighted by Crippen LogP contribution is 2.36. The number of fused-ring (bicyclic) bond motifs is 1. The Bertz CT molecular complexity index is 1390. The van der Waals surface area contributed by atoms with Crippen molar-refractivity contribution in [1.82, 2.24) is 9.78 Å². The largest absolute Gasteiger partial charge is 0.310 e. The summed E-state index contributed by atoms with van der Waals surface area (Å²) in [5.74, 6) is -0.266. The molecule has 0 fully saturated rings. The third-order valence-electron chi connectivity index (χ3n) is 5.76. The fourth-order valence-corrected chi connectivity index (χ4v) is 5.32. The van der Waals surface area contributed by atoms with Gasteiger partial charge in [-0.2, -0.15) is 9.78 Å². The number of aryl methyl sites for hydroxylation is 4. The lowest BCUT2D eigenvalue weighted by Gasteiger charge is -2.15. The van der Waals surface area contributed by atoms with Crippen LogP contribution >= 0.6 is 0 Å². The molecule has 9 heteroatoms. The lowest BCUT2D eigenvalue weighted by Crippen LogP contribution is -2.15. The molecule has 0 saturated carbocycles. The summed E-state index contributed by atoms with van der Waals surface area (Å²) in [6.07, 6.45) is 0.655. The summed E-state index contributed by atoms with van der Waals surface area (Å²) in [5, 5.41) is 7.19. The number of carbonyl (C=O) groups is 2. The molecule has 33 heavy (non-hydrogen) atoms. The normalized spacial score (nSPS) is 13.9. The molecule has 2 heterocycles. The van der Waals surface area contributed by atoms with Crippen LogP contribution < -0.4 is 10.0 Å². The van der Waals surface area contributed by atoms with Crippen LogP contribution in [0.3, 0.4) is 0 Å². The van der Waals surface area contributed by atoms with Gasteiger partial charge in [0, 0.05) is 18.4 Å². The van der Waals surface area contributed by atoms with Crippen molar-refractivity contribution in [2.45, 2.75) is 51.9 Å². The predicted octanol–water partition coefficient (Wildman–Crippen LogP) is 4.21. The Morgan fingerprint density at radius 3 is 2.48 bits per heavy atom. The number of rotatable bonds is 5. The van der Waals surface area contributed by atoms with Crippen molar-refractivity contribution in [3.8, 4) is 11.1 Å². The summed E-state index contributed by atoms with van der Waals surface area (Å²) >= 11 is 0. The van der Waals surface area contributed by atoms with Gasteiger partial charge in [0.25, 0.3) is 10.0 Å². The third-order valence-corrected chi connectivity index (χ3v) is 7.26. The first-order valence-electron chi connectivity index (χ1n) is 10.8. The molecule has 0 radical (unpaired) electrons. The Labute approximate surface area is 193 Å². The zero-order valence-electron chi connectivity index (χ0n) is 19.0. The molecule has 3 aromatic rings. The van der Waals surface area contributed by atoms with E-state index in [4.69, 9.17) is 0 Å². The zero-order chi connectivity index (χ0) is 23.9. The number of benzene rings is 2. The molecule has 1 amide bonds. The summed E-state index contributed by atoms with van der Waals surface area (Å²) in [7, 11) is -3.90. The molecular formula is C24H26N4O4S. The second-order valence-electron chi connectivity index (χ2n) is 8.28. The number of anilines is 2. The fraction of sp³-hybridized carbons (Fsp3) is 0.292. The van der Waals surface area contributed by atoms with Gasteiger partial charge in [0.15, 0.2) is 0 Å². The lowest BCUT2D eigenvalue weighted by atomic mass is 10.0. The molecule has 2 aromatic carbocycles. The van der Waals surface area contributed by atoms with Gasteiger partial charge in [0.1, 0.15) is 5.82 Å². The van der Waals surface area contributed by atoms with Crippen molar-refractivity contribution >= 4 is 33.3 Å². The van der Waals surface area contributed by atoms with Gasteiger partial charge < -0.3 is 5.32 Å². The van der Waals surface area contributed by atoms with Gasteiger partial charge in [-0.15, -0.1) is 0 Å². The molecule has 2 N–H and O–H groups in total. The highest BCUT2D eigenvalue weighted by atomic mass is 32.2. The van der Waals surface area contributed by atoms with Crippen molar-refractivity contribution in [3.05, 3.63) is 58.8 Å². The minimum absolute atomic E-state index is 0.0659. The first kappa shape index (κ1) is 22.7. The maximum Gasteiger partial charge on any atom is 0.262 e. The van der Waals surface area contributed by atoms with E-state index < -0.39 is 10.0 Å². The summed E-state index contributed by atoms with van der Waals surface area (Å²) < 4.78 is 30.6. The average Bonchev–Trinajstić information content (AvgIpc) is 3.06. The Morgan fingerprint density at radius 1 is 1.03 bits per heavy atom. The van der Waals surface area contributed by atoms with Gasteiger partial charge in [-0.3, -0.25) is 14.3 Å². The monoisotopic (exact) mass is 466 g/mol. The predicted molar refractivity (Wildman–Crippen MR) is 127 cm³/mol. The maximum absolute atomic E-state index is 13.4. The van der Waals surface area contributed by atoms with E-state index in [0.29, 0.717) is 34.5 Å².